The molecule has 18 rings (SSSR count). The fraction of sp³-hybridized carbons (Fsp3) is 0.661. The van der Waals surface area contributed by atoms with Crippen LogP contribution in [0.25, 0.3) is 0 Å². The molecule has 2 amide bonds. The van der Waals surface area contributed by atoms with Crippen molar-refractivity contribution in [2.75, 3.05) is 78.5 Å². The predicted molar refractivity (Wildman–Crippen MR) is 579 cm³/mol. The van der Waals surface area contributed by atoms with E-state index >= 15 is 0 Å². The van der Waals surface area contributed by atoms with Crippen molar-refractivity contribution in [1.29, 1.82) is 0 Å². The lowest BCUT2D eigenvalue weighted by Crippen LogP contribution is -2.45. The first kappa shape index (κ1) is 114. The molecular weight excluding hydrogens is 2010 g/mol. The number of carbonyl (C=O) groups is 2. The van der Waals surface area contributed by atoms with Crippen molar-refractivity contribution < 1.29 is 49.7 Å². The highest BCUT2D eigenvalue weighted by atomic mass is 35.5. The van der Waals surface area contributed by atoms with Crippen LogP contribution in [-0.2, 0) is 42.0 Å². The van der Waals surface area contributed by atoms with Crippen molar-refractivity contribution in [1.82, 2.24) is 31.1 Å². The number of nitrogens with one attached hydrogen (secondary N) is 4. The molecule has 6 heterocycles. The molecule has 6 saturated heterocycles. The van der Waals surface area contributed by atoms with E-state index in [1.54, 1.807) is 0 Å². The maximum Gasteiger partial charge on any atom is 0.410 e. The van der Waals surface area contributed by atoms with Crippen LogP contribution >= 0.6 is 139 Å². The van der Waals surface area contributed by atoms with Crippen molar-refractivity contribution in [2.24, 2.45) is 35.5 Å². The number of aliphatic hydroxyl groups is 6. The Morgan fingerprint density at radius 3 is 0.571 bits per heavy atom. The third-order valence-corrected chi connectivity index (χ3v) is 39.3. The number of ether oxygens (including phenoxy) is 2. The Bertz CT molecular complexity index is 4640. The van der Waals surface area contributed by atoms with Gasteiger partial charge in [-0.2, -0.15) is 0 Å². The summed E-state index contributed by atoms with van der Waals surface area (Å²) in [5, 5.41) is 83.5. The lowest BCUT2D eigenvalue weighted by atomic mass is 9.59. The molecule has 0 unspecified atom stereocenters. The molecule has 6 atom stereocenters. The lowest BCUT2D eigenvalue weighted by Gasteiger charge is -2.47. The van der Waals surface area contributed by atoms with Gasteiger partial charge in [-0.15, -0.1) is 0 Å². The summed E-state index contributed by atoms with van der Waals surface area (Å²) in [6, 6.07) is 36.1. The molecule has 0 spiro atoms. The van der Waals surface area contributed by atoms with E-state index in [-0.39, 0.29) is 44.7 Å². The summed E-state index contributed by atoms with van der Waals surface area (Å²) in [5.41, 5.74) is 3.40. The fourth-order valence-corrected chi connectivity index (χ4v) is 27.5. The molecule has 0 aromatic heterocycles. The van der Waals surface area contributed by atoms with E-state index in [0.717, 1.165) is 230 Å². The molecule has 6 aromatic rings. The fourth-order valence-electron chi connectivity index (χ4n) is 25.8. The summed E-state index contributed by atoms with van der Waals surface area (Å²) >= 11 is 74.4. The zero-order chi connectivity index (χ0) is 102. The highest BCUT2D eigenvalue weighted by Gasteiger charge is 2.55. The van der Waals surface area contributed by atoms with Crippen LogP contribution in [0.5, 0.6) is 0 Å². The number of amides is 2. The molecular formula is C112H154Cl12N6O10. The van der Waals surface area contributed by atoms with E-state index < -0.39 is 44.8 Å². The summed E-state index contributed by atoms with van der Waals surface area (Å²) in [7, 11) is 0. The van der Waals surface area contributed by atoms with E-state index in [1.165, 1.54) is 47.9 Å². The number of nitrogens with zero attached hydrogens (tertiary/aromatic N) is 2. The van der Waals surface area contributed by atoms with Gasteiger partial charge in [0.1, 0.15) is 11.2 Å². The number of rotatable bonds is 12. The predicted octanol–water partition coefficient (Wildman–Crippen LogP) is 28.3. The summed E-state index contributed by atoms with van der Waals surface area (Å²) in [6.45, 7) is 34.3. The second-order valence-electron chi connectivity index (χ2n) is 47.3. The molecule has 12 fully saturated rings. The molecule has 140 heavy (non-hydrogen) atoms. The molecule has 0 bridgehead atoms. The monoisotopic (exact) mass is 2160 g/mol. The number of carbonyl (C=O) groups excluding carboxylic acids is 2. The number of benzene rings is 6. The van der Waals surface area contributed by atoms with E-state index in [9.17, 15) is 40.2 Å². The van der Waals surface area contributed by atoms with Crippen LogP contribution in [0, 0.1) is 35.5 Å². The van der Waals surface area contributed by atoms with Crippen molar-refractivity contribution in [3.63, 3.8) is 0 Å². The Balaban J connectivity index is 0.000000142. The van der Waals surface area contributed by atoms with Gasteiger partial charge < -0.3 is 71.2 Å². The minimum absolute atomic E-state index is 0.118. The Hall–Kier alpha value is -3.06. The second-order valence-corrected chi connectivity index (χ2v) is 52.2. The van der Waals surface area contributed by atoms with Gasteiger partial charge in [0, 0.05) is 37.0 Å². The Labute approximate surface area is 894 Å². The molecule has 12 aliphatic rings. The average molecular weight is 2170 g/mol. The van der Waals surface area contributed by atoms with Crippen LogP contribution in [0.2, 0.25) is 60.3 Å². The Morgan fingerprint density at radius 2 is 0.429 bits per heavy atom. The van der Waals surface area contributed by atoms with E-state index in [4.69, 9.17) is 149 Å². The SMILES string of the molecule is CC1(O)CCC(c2ccc(Cl)c(Cl)c2)([C@@H]2CCN(C(=O)OC(C)(C)C)C2)CC1.CC1(O)CCC(c2ccc(Cl)c(Cl)c2)([C@@H]2CCN(C(=O)OC(C)(C)C)C2)CC1.CC1(O)CCC(c2ccc(Cl)c(Cl)c2)([C@@H]2CCNC2)CC1.CC1(O)CCC(c2ccc(Cl)c(Cl)c2)([C@@H]2CCNC2)CC1.CC1(O)CCC(c2ccc(Cl)c(Cl)c2)([C@H]2CCNC2)CC1.CC1(O)CCC(c2ccc(Cl)c(Cl)c2)([C@H]2CCNC2)CC1. The highest BCUT2D eigenvalue weighted by molar-refractivity contribution is 6.44. The lowest BCUT2D eigenvalue weighted by molar-refractivity contribution is -0.0126. The van der Waals surface area contributed by atoms with Crippen molar-refractivity contribution >= 4 is 151 Å². The maximum atomic E-state index is 12.6. The summed E-state index contributed by atoms with van der Waals surface area (Å²) in [5.74, 6) is 3.06. The van der Waals surface area contributed by atoms with Crippen LogP contribution in [-0.4, -0.2) is 176 Å². The van der Waals surface area contributed by atoms with Crippen molar-refractivity contribution in [3.05, 3.63) is 203 Å². The van der Waals surface area contributed by atoms with Gasteiger partial charge in [0.15, 0.2) is 0 Å². The Kier molecular flexibility index (Phi) is 37.8. The standard InChI is InChI=1S/2C22H31Cl2NO3.4C17H23Cl2NO/c2*1-20(2,3)28-19(26)25-12-7-16(14-25)22(10-8-21(4,27)9-11-22)15-5-6-17(23)18(24)13-15;4*1-16(21)5-7-17(8-6-16,13-4-9-20-11-13)12-2-3-14(18)15(19)10-12/h2*5-6,13,16,27H,7-12,14H2,1-4H3;4*2-3,10,13,20-21H,4-9,11H2,1H3/t2*16-,21?,22?;4*13-,16?,17?/m111100/s1. The van der Waals surface area contributed by atoms with Crippen LogP contribution < -0.4 is 21.3 Å². The van der Waals surface area contributed by atoms with Gasteiger partial charge in [0.05, 0.1) is 93.9 Å². The smallest absolute Gasteiger partial charge is 0.410 e. The van der Waals surface area contributed by atoms with Gasteiger partial charge >= 0.3 is 12.2 Å². The molecule has 10 N–H and O–H groups in total. The molecule has 6 aromatic carbocycles. The first-order valence-electron chi connectivity index (χ1n) is 51.4. The number of hydrogen-bond acceptors (Lipinski definition) is 14. The number of halogens is 12. The zero-order valence-corrected chi connectivity index (χ0v) is 93.4. The van der Waals surface area contributed by atoms with Crippen LogP contribution in [0.4, 0.5) is 9.59 Å². The maximum absolute atomic E-state index is 12.6. The molecule has 0 radical (unpaired) electrons. The second kappa shape index (κ2) is 46.4. The average Bonchev–Trinajstić information content (AvgIpc) is 1.38. The third kappa shape index (κ3) is 27.8. The normalized spacial score (nSPS) is 34.6. The van der Waals surface area contributed by atoms with Crippen LogP contribution in [0.3, 0.4) is 0 Å². The first-order chi connectivity index (χ1) is 65.6. The molecule has 6 aliphatic carbocycles. The Morgan fingerprint density at radius 1 is 0.264 bits per heavy atom. The van der Waals surface area contributed by atoms with Crippen LogP contribution in [0.1, 0.15) is 309 Å². The minimum atomic E-state index is -0.636. The third-order valence-electron chi connectivity index (χ3n) is 34.9. The van der Waals surface area contributed by atoms with E-state index in [1.807, 2.05) is 166 Å². The highest BCUT2D eigenvalue weighted by Crippen LogP contribution is 2.59. The largest absolute Gasteiger partial charge is 0.444 e. The molecule has 776 valence electrons. The van der Waals surface area contributed by atoms with E-state index in [2.05, 4.69) is 57.7 Å². The van der Waals surface area contributed by atoms with E-state index in [0.29, 0.717) is 122 Å². The first-order valence-corrected chi connectivity index (χ1v) is 56.0. The summed E-state index contributed by atoms with van der Waals surface area (Å²) in [6.07, 6.45) is 27.5. The van der Waals surface area contributed by atoms with Gasteiger partial charge in [-0.25, -0.2) is 9.59 Å². The molecule has 6 aliphatic heterocycles. The minimum Gasteiger partial charge on any atom is -0.444 e. The topological polar surface area (TPSA) is 229 Å². The van der Waals surface area contributed by atoms with Gasteiger partial charge in [0.2, 0.25) is 0 Å². The van der Waals surface area contributed by atoms with Gasteiger partial charge in [-0.3, -0.25) is 0 Å². The zero-order valence-electron chi connectivity index (χ0n) is 84.3. The van der Waals surface area contributed by atoms with Gasteiger partial charge in [-0.1, -0.05) is 176 Å². The quantitative estimate of drug-likeness (QED) is 0.0550. The number of hydrogen-bond donors (Lipinski definition) is 10. The molecule has 16 nitrogen and oxygen atoms in total. The molecule has 28 heteroatoms. The summed E-state index contributed by atoms with van der Waals surface area (Å²) < 4.78 is 11.1. The summed E-state index contributed by atoms with van der Waals surface area (Å²) in [4.78, 5) is 28.8. The van der Waals surface area contributed by atoms with Crippen molar-refractivity contribution in [3.8, 4) is 0 Å². The van der Waals surface area contributed by atoms with Gasteiger partial charge in [0.25, 0.3) is 0 Å². The van der Waals surface area contributed by atoms with Crippen molar-refractivity contribution in [2.45, 2.75) is 353 Å². The van der Waals surface area contributed by atoms with Crippen LogP contribution in [0.15, 0.2) is 109 Å². The van der Waals surface area contributed by atoms with Gasteiger partial charge in [-0.05, 0) is 491 Å². The number of likely N-dealkylation sites (tertiary alicyclic amines) is 2. The molecule has 6 saturated carbocycles.